The van der Waals surface area contributed by atoms with Gasteiger partial charge in [0.1, 0.15) is 0 Å². The van der Waals surface area contributed by atoms with Crippen LogP contribution in [-0.4, -0.2) is 35.1 Å². The summed E-state index contributed by atoms with van der Waals surface area (Å²) >= 11 is 5.85. The maximum Gasteiger partial charge on any atom is 0.225 e. The Labute approximate surface area is 119 Å². The molecule has 1 saturated heterocycles. The molecule has 1 N–H and O–H groups in total. The van der Waals surface area contributed by atoms with Gasteiger partial charge in [0.15, 0.2) is 0 Å². The molecule has 0 spiro atoms. The third-order valence-electron chi connectivity index (χ3n) is 3.58. The number of hydrogen-bond acceptors (Lipinski definition) is 2. The minimum Gasteiger partial charge on any atom is -0.391 e. The van der Waals surface area contributed by atoms with Crippen molar-refractivity contribution in [2.24, 2.45) is 5.92 Å². The number of aliphatic hydroxyl groups is 1. The van der Waals surface area contributed by atoms with Gasteiger partial charge in [0.25, 0.3) is 0 Å². The highest BCUT2D eigenvalue weighted by molar-refractivity contribution is 6.30. The van der Waals surface area contributed by atoms with E-state index in [2.05, 4.69) is 0 Å². The summed E-state index contributed by atoms with van der Waals surface area (Å²) in [7, 11) is 0. The van der Waals surface area contributed by atoms with E-state index >= 15 is 0 Å². The van der Waals surface area contributed by atoms with E-state index < -0.39 is 0 Å². The van der Waals surface area contributed by atoms with Gasteiger partial charge >= 0.3 is 0 Å². The number of amides is 1. The van der Waals surface area contributed by atoms with Crippen molar-refractivity contribution in [3.63, 3.8) is 0 Å². The second-order valence-corrected chi connectivity index (χ2v) is 5.75. The maximum atomic E-state index is 12.3. The molecule has 0 bridgehead atoms. The number of halogens is 1. The van der Waals surface area contributed by atoms with E-state index in [4.69, 9.17) is 11.6 Å². The van der Waals surface area contributed by atoms with Crippen molar-refractivity contribution in [3.05, 3.63) is 34.9 Å². The summed E-state index contributed by atoms with van der Waals surface area (Å²) in [6, 6.07) is 7.60. The molecule has 3 nitrogen and oxygen atoms in total. The third kappa shape index (κ3) is 3.95. The fraction of sp³-hybridized carbons (Fsp3) is 0.533. The first-order valence-corrected chi connectivity index (χ1v) is 7.15. The highest BCUT2D eigenvalue weighted by Crippen LogP contribution is 2.17. The van der Waals surface area contributed by atoms with Gasteiger partial charge in [-0.3, -0.25) is 4.79 Å². The van der Waals surface area contributed by atoms with Crippen molar-refractivity contribution in [2.75, 3.05) is 13.1 Å². The Kier molecular flexibility index (Phi) is 4.83. The molecule has 1 fully saturated rings. The molecule has 1 aliphatic heterocycles. The van der Waals surface area contributed by atoms with Crippen LogP contribution in [0, 0.1) is 5.92 Å². The van der Waals surface area contributed by atoms with E-state index in [0.717, 1.165) is 24.9 Å². The van der Waals surface area contributed by atoms with Crippen LogP contribution in [0.4, 0.5) is 0 Å². The number of piperidine rings is 1. The lowest BCUT2D eigenvalue weighted by Gasteiger charge is -2.32. The van der Waals surface area contributed by atoms with Gasteiger partial charge in [-0.15, -0.1) is 0 Å². The lowest BCUT2D eigenvalue weighted by molar-refractivity contribution is -0.138. The number of β-amino-alcohol motifs (C(OH)–C–C–N with tert-alkyl or cyclic N) is 1. The van der Waals surface area contributed by atoms with Crippen molar-refractivity contribution in [1.29, 1.82) is 0 Å². The fourth-order valence-corrected chi connectivity index (χ4v) is 2.65. The number of rotatable bonds is 3. The highest BCUT2D eigenvalue weighted by atomic mass is 35.5. The second kappa shape index (κ2) is 6.40. The molecule has 2 atom stereocenters. The number of carbonyl (C=O) groups excluding carboxylic acids is 1. The van der Waals surface area contributed by atoms with E-state index in [-0.39, 0.29) is 17.9 Å². The molecule has 0 radical (unpaired) electrons. The smallest absolute Gasteiger partial charge is 0.225 e. The van der Waals surface area contributed by atoms with Crippen LogP contribution in [0.1, 0.15) is 25.3 Å². The molecule has 0 saturated carbocycles. The van der Waals surface area contributed by atoms with Crippen LogP contribution < -0.4 is 0 Å². The zero-order valence-corrected chi connectivity index (χ0v) is 11.9. The molecule has 1 amide bonds. The molecule has 1 aliphatic rings. The molecule has 1 heterocycles. The van der Waals surface area contributed by atoms with Crippen LogP contribution in [0.2, 0.25) is 5.02 Å². The number of aliphatic hydroxyl groups excluding tert-OH is 1. The summed E-state index contributed by atoms with van der Waals surface area (Å²) in [5.41, 5.74) is 1.11. The average Bonchev–Trinajstić information content (AvgIpc) is 2.40. The standard InChI is InChI=1S/C15H20ClNO2/c1-11(9-12-4-6-13(16)7-5-12)15(19)17-8-2-3-14(18)10-17/h4-7,11,14,18H,2-3,8-10H2,1H3. The molecule has 104 valence electrons. The van der Waals surface area contributed by atoms with Crippen molar-refractivity contribution in [3.8, 4) is 0 Å². The quantitative estimate of drug-likeness (QED) is 0.925. The Balaban J connectivity index is 1.93. The Hall–Kier alpha value is -1.06. The van der Waals surface area contributed by atoms with E-state index in [1.165, 1.54) is 0 Å². The minimum atomic E-state index is -0.361. The molecule has 2 unspecified atom stereocenters. The third-order valence-corrected chi connectivity index (χ3v) is 3.84. The normalized spacial score (nSPS) is 21.2. The summed E-state index contributed by atoms with van der Waals surface area (Å²) in [5, 5.41) is 10.3. The monoisotopic (exact) mass is 281 g/mol. The topological polar surface area (TPSA) is 40.5 Å². The Bertz CT molecular complexity index is 432. The predicted octanol–water partition coefficient (Wildman–Crippen LogP) is 2.50. The van der Waals surface area contributed by atoms with Crippen molar-refractivity contribution in [2.45, 2.75) is 32.3 Å². The van der Waals surface area contributed by atoms with Crippen LogP contribution in [0.3, 0.4) is 0 Å². The lowest BCUT2D eigenvalue weighted by atomic mass is 9.98. The summed E-state index contributed by atoms with van der Waals surface area (Å²) < 4.78 is 0. The predicted molar refractivity (Wildman–Crippen MR) is 76.1 cm³/mol. The fourth-order valence-electron chi connectivity index (χ4n) is 2.53. The van der Waals surface area contributed by atoms with Crippen LogP contribution in [-0.2, 0) is 11.2 Å². The molecule has 4 heteroatoms. The molecular weight excluding hydrogens is 262 g/mol. The van der Waals surface area contributed by atoms with Crippen LogP contribution >= 0.6 is 11.6 Å². The number of benzene rings is 1. The average molecular weight is 282 g/mol. The van der Waals surface area contributed by atoms with Gasteiger partial charge in [-0.1, -0.05) is 30.7 Å². The van der Waals surface area contributed by atoms with Gasteiger partial charge < -0.3 is 10.0 Å². The molecular formula is C15H20ClNO2. The van der Waals surface area contributed by atoms with Gasteiger partial charge in [0.05, 0.1) is 6.10 Å². The molecule has 19 heavy (non-hydrogen) atoms. The van der Waals surface area contributed by atoms with Crippen molar-refractivity contribution < 1.29 is 9.90 Å². The van der Waals surface area contributed by atoms with Crippen molar-refractivity contribution in [1.82, 2.24) is 4.90 Å². The number of likely N-dealkylation sites (tertiary alicyclic amines) is 1. The first-order valence-electron chi connectivity index (χ1n) is 6.77. The minimum absolute atomic E-state index is 0.0634. The van der Waals surface area contributed by atoms with Gasteiger partial charge in [-0.05, 0) is 37.0 Å². The van der Waals surface area contributed by atoms with Crippen LogP contribution in [0.25, 0.3) is 0 Å². The van der Waals surface area contributed by atoms with Gasteiger partial charge in [-0.25, -0.2) is 0 Å². The van der Waals surface area contributed by atoms with E-state index in [9.17, 15) is 9.90 Å². The Morgan fingerprint density at radius 3 is 2.79 bits per heavy atom. The Morgan fingerprint density at radius 2 is 2.16 bits per heavy atom. The summed E-state index contributed by atoms with van der Waals surface area (Å²) in [4.78, 5) is 14.1. The van der Waals surface area contributed by atoms with Crippen LogP contribution in [0.5, 0.6) is 0 Å². The zero-order chi connectivity index (χ0) is 13.8. The molecule has 2 rings (SSSR count). The van der Waals surface area contributed by atoms with Crippen molar-refractivity contribution >= 4 is 17.5 Å². The van der Waals surface area contributed by atoms with Crippen LogP contribution in [0.15, 0.2) is 24.3 Å². The lowest BCUT2D eigenvalue weighted by Crippen LogP contribution is -2.44. The Morgan fingerprint density at radius 1 is 1.47 bits per heavy atom. The maximum absolute atomic E-state index is 12.3. The summed E-state index contributed by atoms with van der Waals surface area (Å²) in [6.45, 7) is 3.18. The summed E-state index contributed by atoms with van der Waals surface area (Å²) in [5.74, 6) is 0.0696. The van der Waals surface area contributed by atoms with Gasteiger partial charge in [0.2, 0.25) is 5.91 Å². The highest BCUT2D eigenvalue weighted by Gasteiger charge is 2.25. The SMILES string of the molecule is CC(Cc1ccc(Cl)cc1)C(=O)N1CCCC(O)C1. The first-order chi connectivity index (χ1) is 9.06. The van der Waals surface area contributed by atoms with E-state index in [0.29, 0.717) is 18.0 Å². The zero-order valence-electron chi connectivity index (χ0n) is 11.2. The number of carbonyl (C=O) groups is 1. The van der Waals surface area contributed by atoms with Gasteiger partial charge in [0, 0.05) is 24.0 Å². The van der Waals surface area contributed by atoms with E-state index in [1.807, 2.05) is 31.2 Å². The molecule has 0 aliphatic carbocycles. The molecule has 1 aromatic carbocycles. The number of nitrogens with zero attached hydrogens (tertiary/aromatic N) is 1. The molecule has 1 aromatic rings. The van der Waals surface area contributed by atoms with E-state index in [1.54, 1.807) is 4.90 Å². The second-order valence-electron chi connectivity index (χ2n) is 5.31. The first kappa shape index (κ1) is 14.4. The largest absolute Gasteiger partial charge is 0.391 e. The summed E-state index contributed by atoms with van der Waals surface area (Å²) in [6.07, 6.45) is 2.04. The molecule has 0 aromatic heterocycles. The number of hydrogen-bond donors (Lipinski definition) is 1. The van der Waals surface area contributed by atoms with Gasteiger partial charge in [-0.2, -0.15) is 0 Å².